The predicted octanol–water partition coefficient (Wildman–Crippen LogP) is 3.89. The molecule has 1 saturated heterocycles. The van der Waals surface area contributed by atoms with Gasteiger partial charge in [-0.15, -0.1) is 6.58 Å². The molecule has 0 unspecified atom stereocenters. The molecule has 6 aliphatic rings. The van der Waals surface area contributed by atoms with E-state index in [1.165, 1.54) is 11.0 Å². The molecule has 3 aliphatic carbocycles. The molecule has 3 heterocycles. The van der Waals surface area contributed by atoms with Crippen LogP contribution in [0.15, 0.2) is 36.9 Å². The summed E-state index contributed by atoms with van der Waals surface area (Å²) in [5.74, 6) is -2.52. The van der Waals surface area contributed by atoms with Crippen LogP contribution in [0.5, 0.6) is 0 Å². The Bertz CT molecular complexity index is 1900. The number of hydrogen-bond acceptors (Lipinski definition) is 9. The lowest BCUT2D eigenvalue weighted by Crippen LogP contribution is -2.60. The molecule has 3 aliphatic heterocycles. The quantitative estimate of drug-likeness (QED) is 0.362. The zero-order valence-electron chi connectivity index (χ0n) is 31.4. The van der Waals surface area contributed by atoms with E-state index >= 15 is 0 Å². The molecule has 7 rings (SSSR count). The van der Waals surface area contributed by atoms with Gasteiger partial charge in [-0.2, -0.15) is 0 Å². The van der Waals surface area contributed by atoms with Crippen molar-refractivity contribution in [1.82, 2.24) is 25.2 Å². The van der Waals surface area contributed by atoms with Crippen molar-refractivity contribution >= 4 is 46.0 Å². The molecule has 3 saturated carbocycles. The van der Waals surface area contributed by atoms with Gasteiger partial charge in [0.25, 0.3) is 5.91 Å². The van der Waals surface area contributed by atoms with E-state index in [9.17, 15) is 32.4 Å². The van der Waals surface area contributed by atoms with Crippen molar-refractivity contribution in [3.63, 3.8) is 0 Å². The summed E-state index contributed by atoms with van der Waals surface area (Å²) in [5.41, 5.74) is -0.00828. The fourth-order valence-electron chi connectivity index (χ4n) is 8.17. The number of carbonyl (C=O) groups excluding carboxylic acids is 5. The number of ether oxygens (including phenoxy) is 2. The van der Waals surface area contributed by atoms with Crippen LogP contribution >= 0.6 is 0 Å². The summed E-state index contributed by atoms with van der Waals surface area (Å²) in [4.78, 5) is 72.2. The minimum Gasteiger partial charge on any atom is -0.444 e. The largest absolute Gasteiger partial charge is 0.444 e. The number of sulfonamides is 1. The van der Waals surface area contributed by atoms with Crippen molar-refractivity contribution in [2.24, 2.45) is 17.3 Å². The molecule has 292 valence electrons. The van der Waals surface area contributed by atoms with Gasteiger partial charge >= 0.3 is 12.2 Å². The van der Waals surface area contributed by atoms with Crippen LogP contribution < -0.4 is 15.4 Å². The standard InChI is InChI=1S/C39H51N5O9S/c1-6-25-19-39(25,34(47)42-54(50,51)28-15-16-28)41-32(45)30-17-27-21-44(30)33(46)31(37(2,3)4)40-35(48)53-38(5)18-26(38)14-9-7-8-11-23-12-10-13-24-20-43(22-29(23)24)36(49)52-27/h6,8,10-13,25-28,30-31H,1,7,9,14-22H2,2-5H3,(H,40,48)(H,41,45)(H,42,47)/b11-8+/t25-,26+,27-,30+,31-,38+,39-/m1/s1. The van der Waals surface area contributed by atoms with E-state index in [1.807, 2.05) is 25.1 Å². The number of allylic oxidation sites excluding steroid dienone is 1. The van der Waals surface area contributed by atoms with E-state index in [4.69, 9.17) is 9.47 Å². The van der Waals surface area contributed by atoms with Crippen LogP contribution in [0.3, 0.4) is 0 Å². The molecule has 1 aromatic rings. The number of amides is 5. The molecule has 0 radical (unpaired) electrons. The average molecular weight is 766 g/mol. The molecular formula is C39H51N5O9S. The summed E-state index contributed by atoms with van der Waals surface area (Å²) in [7, 11) is -3.91. The third kappa shape index (κ3) is 7.47. The maximum absolute atomic E-state index is 14.6. The molecule has 0 spiro atoms. The highest BCUT2D eigenvalue weighted by Crippen LogP contribution is 2.50. The second-order valence-corrected chi connectivity index (χ2v) is 19.1. The molecule has 3 N–H and O–H groups in total. The van der Waals surface area contributed by atoms with Crippen molar-refractivity contribution in [2.45, 2.75) is 127 Å². The van der Waals surface area contributed by atoms with Gasteiger partial charge in [0.1, 0.15) is 29.3 Å². The van der Waals surface area contributed by atoms with Crippen molar-refractivity contribution in [1.29, 1.82) is 0 Å². The number of carbonyl (C=O) groups is 5. The second kappa shape index (κ2) is 13.7. The van der Waals surface area contributed by atoms with Crippen LogP contribution in [0.25, 0.3) is 6.08 Å². The Morgan fingerprint density at radius 3 is 2.54 bits per heavy atom. The number of nitrogens with one attached hydrogen (secondary N) is 3. The Balaban J connectivity index is 1.17. The zero-order chi connectivity index (χ0) is 38.8. The molecule has 0 aromatic heterocycles. The maximum atomic E-state index is 14.6. The number of fused-ring (bicyclic) bond motifs is 4. The van der Waals surface area contributed by atoms with Gasteiger partial charge < -0.3 is 25.0 Å². The molecule has 4 fully saturated rings. The van der Waals surface area contributed by atoms with Crippen LogP contribution in [0.2, 0.25) is 0 Å². The monoisotopic (exact) mass is 765 g/mol. The minimum atomic E-state index is -3.91. The highest BCUT2D eigenvalue weighted by atomic mass is 32.2. The highest BCUT2D eigenvalue weighted by Gasteiger charge is 2.62. The summed E-state index contributed by atoms with van der Waals surface area (Å²) in [5, 5.41) is 4.89. The molecule has 54 heavy (non-hydrogen) atoms. The lowest BCUT2D eigenvalue weighted by molar-refractivity contribution is -0.143. The molecular weight excluding hydrogens is 715 g/mol. The zero-order valence-corrected chi connectivity index (χ0v) is 32.2. The maximum Gasteiger partial charge on any atom is 0.410 e. The van der Waals surface area contributed by atoms with Gasteiger partial charge in [-0.3, -0.25) is 24.0 Å². The van der Waals surface area contributed by atoms with Crippen molar-refractivity contribution in [3.8, 4) is 0 Å². The lowest BCUT2D eigenvalue weighted by Gasteiger charge is -2.35. The Labute approximate surface area is 316 Å². The number of benzene rings is 1. The number of rotatable bonds is 6. The van der Waals surface area contributed by atoms with E-state index < -0.39 is 85.8 Å². The number of hydrogen-bond donors (Lipinski definition) is 3. The predicted molar refractivity (Wildman–Crippen MR) is 198 cm³/mol. The summed E-state index contributed by atoms with van der Waals surface area (Å²) in [6.07, 6.45) is 7.72. The Morgan fingerprint density at radius 2 is 1.85 bits per heavy atom. The first-order valence-corrected chi connectivity index (χ1v) is 20.5. The summed E-state index contributed by atoms with van der Waals surface area (Å²) < 4.78 is 39.4. The van der Waals surface area contributed by atoms with E-state index in [1.54, 1.807) is 25.7 Å². The average Bonchev–Trinajstić information content (AvgIpc) is 4.05. The van der Waals surface area contributed by atoms with E-state index in [0.717, 1.165) is 36.0 Å². The van der Waals surface area contributed by atoms with Crippen LogP contribution in [0.1, 0.15) is 95.8 Å². The highest BCUT2D eigenvalue weighted by molar-refractivity contribution is 7.91. The number of alkyl carbamates (subject to hydrolysis) is 1. The SMILES string of the molecule is C=C[C@@H]1C[C@]1(NC(=O)[C@@H]1C[C@@H]2CN1C(=O)[C@H](C(C)(C)C)NC(=O)O[C@@]1(C)C[C@@H]1CCC/C=C/c1cccc3c1CN(C3)C(=O)O2)C(=O)NS(=O)(=O)C1CC1. The number of nitrogens with zero attached hydrogens (tertiary/aromatic N) is 2. The molecule has 15 heteroatoms. The van der Waals surface area contributed by atoms with Crippen molar-refractivity contribution < 1.29 is 41.9 Å². The topological polar surface area (TPSA) is 181 Å². The fourth-order valence-corrected chi connectivity index (χ4v) is 9.54. The van der Waals surface area contributed by atoms with Gasteiger partial charge in [0.2, 0.25) is 21.8 Å². The van der Waals surface area contributed by atoms with Gasteiger partial charge in [0, 0.05) is 24.8 Å². The summed E-state index contributed by atoms with van der Waals surface area (Å²) >= 11 is 0. The van der Waals surface area contributed by atoms with E-state index in [0.29, 0.717) is 32.4 Å². The smallest absolute Gasteiger partial charge is 0.410 e. The third-order valence-corrected chi connectivity index (χ3v) is 13.7. The van der Waals surface area contributed by atoms with Gasteiger partial charge in [0.15, 0.2) is 0 Å². The van der Waals surface area contributed by atoms with Gasteiger partial charge in [-0.05, 0) is 74.0 Å². The van der Waals surface area contributed by atoms with Crippen LogP contribution in [0, 0.1) is 17.3 Å². The first-order valence-electron chi connectivity index (χ1n) is 19.0. The van der Waals surface area contributed by atoms with Crippen LogP contribution in [0.4, 0.5) is 9.59 Å². The molecule has 1 aromatic carbocycles. The van der Waals surface area contributed by atoms with Crippen LogP contribution in [-0.2, 0) is 47.0 Å². The molecule has 14 nitrogen and oxygen atoms in total. The summed E-state index contributed by atoms with van der Waals surface area (Å²) in [6.45, 7) is 11.5. The third-order valence-electron chi connectivity index (χ3n) is 11.9. The Kier molecular flexibility index (Phi) is 9.63. The normalized spacial score (nSPS) is 33.3. The lowest BCUT2D eigenvalue weighted by atomic mass is 9.85. The van der Waals surface area contributed by atoms with Crippen LogP contribution in [-0.4, -0.2) is 89.2 Å². The van der Waals surface area contributed by atoms with Gasteiger partial charge in [-0.1, -0.05) is 57.2 Å². The molecule has 4 bridgehead atoms. The molecule has 7 atom stereocenters. The second-order valence-electron chi connectivity index (χ2n) is 17.2. The first kappa shape index (κ1) is 37.9. The van der Waals surface area contributed by atoms with Gasteiger partial charge in [0.05, 0.1) is 18.3 Å². The minimum absolute atomic E-state index is 0.0873. The van der Waals surface area contributed by atoms with Gasteiger partial charge in [-0.25, -0.2) is 18.0 Å². The summed E-state index contributed by atoms with van der Waals surface area (Å²) in [6, 6.07) is 3.61. The fraction of sp³-hybridized carbons (Fsp3) is 0.615. The van der Waals surface area contributed by atoms with E-state index in [-0.39, 0.29) is 25.3 Å². The van der Waals surface area contributed by atoms with Crippen molar-refractivity contribution in [2.75, 3.05) is 6.54 Å². The Hall–Kier alpha value is -4.40. The van der Waals surface area contributed by atoms with Crippen molar-refractivity contribution in [3.05, 3.63) is 53.6 Å². The first-order chi connectivity index (χ1) is 25.4. The molecule has 5 amide bonds. The Morgan fingerprint density at radius 1 is 1.09 bits per heavy atom. The van der Waals surface area contributed by atoms with E-state index in [2.05, 4.69) is 34.1 Å².